The zero-order chi connectivity index (χ0) is 16.8. The van der Waals surface area contributed by atoms with Crippen LogP contribution in [0.25, 0.3) is 0 Å². The third-order valence-corrected chi connectivity index (χ3v) is 5.93. The molecule has 3 aliphatic rings. The number of methoxy groups -OCH3 is 1. The van der Waals surface area contributed by atoms with Crippen LogP contribution in [-0.2, 0) is 15.1 Å². The van der Waals surface area contributed by atoms with Crippen molar-refractivity contribution in [2.24, 2.45) is 5.41 Å². The maximum Gasteiger partial charge on any atom is 0.337 e. The van der Waals surface area contributed by atoms with Crippen molar-refractivity contribution in [3.05, 3.63) is 35.4 Å². The second-order valence-electron chi connectivity index (χ2n) is 7.60. The van der Waals surface area contributed by atoms with Crippen LogP contribution in [0.5, 0.6) is 0 Å². The van der Waals surface area contributed by atoms with E-state index in [0.29, 0.717) is 11.0 Å². The predicted octanol–water partition coefficient (Wildman–Crippen LogP) is 2.11. The van der Waals surface area contributed by atoms with E-state index in [-0.39, 0.29) is 23.5 Å². The Balaban J connectivity index is 1.43. The van der Waals surface area contributed by atoms with Gasteiger partial charge in [-0.3, -0.25) is 4.79 Å². The number of hydrogen-bond acceptors (Lipinski definition) is 4. The largest absolute Gasteiger partial charge is 0.465 e. The number of amides is 1. The Morgan fingerprint density at radius 2 is 1.83 bits per heavy atom. The smallest absolute Gasteiger partial charge is 0.337 e. The minimum absolute atomic E-state index is 0.0620. The van der Waals surface area contributed by atoms with E-state index in [0.717, 1.165) is 31.4 Å². The summed E-state index contributed by atoms with van der Waals surface area (Å²) >= 11 is 0. The second kappa shape index (κ2) is 5.59. The third-order valence-electron chi connectivity index (χ3n) is 5.93. The minimum Gasteiger partial charge on any atom is -0.465 e. The molecule has 0 unspecified atom stereocenters. The fourth-order valence-electron chi connectivity index (χ4n) is 3.91. The molecule has 128 valence electrons. The van der Waals surface area contributed by atoms with E-state index >= 15 is 0 Å². The van der Waals surface area contributed by atoms with Gasteiger partial charge in [0.1, 0.15) is 0 Å². The molecule has 2 aliphatic carbocycles. The summed E-state index contributed by atoms with van der Waals surface area (Å²) in [5, 5.41) is 6.64. The lowest BCUT2D eigenvalue weighted by Gasteiger charge is -2.31. The van der Waals surface area contributed by atoms with Crippen molar-refractivity contribution >= 4 is 11.9 Å². The molecule has 1 atom stereocenters. The fraction of sp³-hybridized carbons (Fsp3) is 0.579. The average Bonchev–Trinajstić information content (AvgIpc) is 3.54. The predicted molar refractivity (Wildman–Crippen MR) is 89.5 cm³/mol. The molecule has 1 heterocycles. The summed E-state index contributed by atoms with van der Waals surface area (Å²) in [6.45, 7) is 0.943. The van der Waals surface area contributed by atoms with Crippen LogP contribution in [0.1, 0.15) is 54.4 Å². The molecule has 0 aromatic heterocycles. The first kappa shape index (κ1) is 15.6. The monoisotopic (exact) mass is 328 g/mol. The highest BCUT2D eigenvalue weighted by Crippen LogP contribution is 2.54. The topological polar surface area (TPSA) is 67.4 Å². The summed E-state index contributed by atoms with van der Waals surface area (Å²) in [5.41, 5.74) is 1.81. The summed E-state index contributed by atoms with van der Waals surface area (Å²) < 4.78 is 4.73. The number of carbonyl (C=O) groups excluding carboxylic acids is 2. The van der Waals surface area contributed by atoms with Gasteiger partial charge in [-0.2, -0.15) is 0 Å². The van der Waals surface area contributed by atoms with E-state index in [1.165, 1.54) is 26.4 Å². The number of piperidine rings is 1. The maximum absolute atomic E-state index is 12.7. The molecule has 5 heteroatoms. The first-order chi connectivity index (χ1) is 11.6. The lowest BCUT2D eigenvalue weighted by molar-refractivity contribution is -0.125. The Labute approximate surface area is 142 Å². The van der Waals surface area contributed by atoms with Gasteiger partial charge in [-0.05, 0) is 68.2 Å². The normalized spacial score (nSPS) is 25.8. The highest BCUT2D eigenvalue weighted by atomic mass is 16.5. The van der Waals surface area contributed by atoms with E-state index in [1.54, 1.807) is 12.1 Å². The summed E-state index contributed by atoms with van der Waals surface area (Å²) in [5.74, 6) is -0.216. The highest BCUT2D eigenvalue weighted by Gasteiger charge is 2.50. The Morgan fingerprint density at radius 1 is 1.12 bits per heavy atom. The molecule has 2 saturated carbocycles. The van der Waals surface area contributed by atoms with Crippen LogP contribution < -0.4 is 10.6 Å². The van der Waals surface area contributed by atoms with Gasteiger partial charge in [-0.15, -0.1) is 0 Å². The van der Waals surface area contributed by atoms with Crippen molar-refractivity contribution in [2.75, 3.05) is 13.7 Å². The first-order valence-electron chi connectivity index (χ1n) is 8.80. The molecule has 2 N–H and O–H groups in total. The van der Waals surface area contributed by atoms with Crippen LogP contribution >= 0.6 is 0 Å². The van der Waals surface area contributed by atoms with Crippen LogP contribution in [0.2, 0.25) is 0 Å². The molecule has 1 aliphatic heterocycles. The summed E-state index contributed by atoms with van der Waals surface area (Å²) in [7, 11) is 1.38. The molecular formula is C19H24N2O3. The van der Waals surface area contributed by atoms with Gasteiger partial charge in [0.2, 0.25) is 5.91 Å². The van der Waals surface area contributed by atoms with Crippen LogP contribution in [0.3, 0.4) is 0 Å². The molecule has 1 spiro atoms. The van der Waals surface area contributed by atoms with Gasteiger partial charge >= 0.3 is 5.97 Å². The van der Waals surface area contributed by atoms with Gasteiger partial charge in [0, 0.05) is 0 Å². The summed E-state index contributed by atoms with van der Waals surface area (Å²) in [6.07, 6.45) is 6.63. The van der Waals surface area contributed by atoms with Gasteiger partial charge in [0.05, 0.1) is 24.3 Å². The zero-order valence-corrected chi connectivity index (χ0v) is 14.1. The number of benzene rings is 1. The first-order valence-corrected chi connectivity index (χ1v) is 8.80. The van der Waals surface area contributed by atoms with Gasteiger partial charge in [-0.25, -0.2) is 4.79 Å². The Kier molecular flexibility index (Phi) is 3.64. The molecule has 0 radical (unpaired) electrons. The number of hydrogen-bond donors (Lipinski definition) is 2. The maximum atomic E-state index is 12.7. The quantitative estimate of drug-likeness (QED) is 0.831. The molecule has 4 rings (SSSR count). The number of carbonyl (C=O) groups is 2. The Morgan fingerprint density at radius 3 is 2.42 bits per heavy atom. The van der Waals surface area contributed by atoms with Crippen molar-refractivity contribution in [2.45, 2.75) is 50.1 Å². The Hall–Kier alpha value is -1.88. The van der Waals surface area contributed by atoms with Crippen molar-refractivity contribution in [1.82, 2.24) is 10.6 Å². The van der Waals surface area contributed by atoms with Crippen molar-refractivity contribution in [3.63, 3.8) is 0 Å². The van der Waals surface area contributed by atoms with E-state index in [9.17, 15) is 9.59 Å². The number of rotatable bonds is 4. The molecular weight excluding hydrogens is 304 g/mol. The average molecular weight is 328 g/mol. The zero-order valence-electron chi connectivity index (χ0n) is 14.1. The molecule has 24 heavy (non-hydrogen) atoms. The minimum atomic E-state index is -0.337. The molecule has 3 fully saturated rings. The molecule has 0 bridgehead atoms. The molecule has 1 saturated heterocycles. The Bertz CT molecular complexity index is 660. The standard InChI is InChI=1S/C19H24N2O3/c1-24-17(23)13-2-4-14(5-3-13)19(8-9-19)21-16(22)15-12-18(6-7-18)10-11-20-15/h2-5,15,20H,6-12H2,1H3,(H,21,22)/t15-/m1/s1. The molecule has 5 nitrogen and oxygen atoms in total. The van der Waals surface area contributed by atoms with Crippen LogP contribution in [0.15, 0.2) is 24.3 Å². The molecule has 1 amide bonds. The van der Waals surface area contributed by atoms with E-state index in [1.807, 2.05) is 12.1 Å². The lowest BCUT2D eigenvalue weighted by atomic mass is 9.89. The SMILES string of the molecule is COC(=O)c1ccc(C2(NC(=O)[C@H]3CC4(CCN3)CC4)CC2)cc1. The number of nitrogens with one attached hydrogen (secondary N) is 2. The van der Waals surface area contributed by atoms with Gasteiger partial charge in [0.25, 0.3) is 0 Å². The van der Waals surface area contributed by atoms with Gasteiger partial charge in [-0.1, -0.05) is 12.1 Å². The van der Waals surface area contributed by atoms with E-state index in [2.05, 4.69) is 10.6 Å². The highest BCUT2D eigenvalue weighted by molar-refractivity contribution is 5.89. The number of esters is 1. The van der Waals surface area contributed by atoms with Crippen molar-refractivity contribution in [3.8, 4) is 0 Å². The van der Waals surface area contributed by atoms with Gasteiger partial charge < -0.3 is 15.4 Å². The third kappa shape index (κ3) is 2.81. The van der Waals surface area contributed by atoms with Crippen molar-refractivity contribution < 1.29 is 14.3 Å². The van der Waals surface area contributed by atoms with Gasteiger partial charge in [0.15, 0.2) is 0 Å². The second-order valence-corrected chi connectivity index (χ2v) is 7.60. The lowest BCUT2D eigenvalue weighted by Crippen LogP contribution is -2.51. The van der Waals surface area contributed by atoms with E-state index < -0.39 is 0 Å². The number of ether oxygens (including phenoxy) is 1. The van der Waals surface area contributed by atoms with Crippen LogP contribution in [-0.4, -0.2) is 31.6 Å². The summed E-state index contributed by atoms with van der Waals surface area (Å²) in [4.78, 5) is 24.3. The van der Waals surface area contributed by atoms with Crippen LogP contribution in [0.4, 0.5) is 0 Å². The summed E-state index contributed by atoms with van der Waals surface area (Å²) in [6, 6.07) is 7.33. The van der Waals surface area contributed by atoms with E-state index in [4.69, 9.17) is 4.74 Å². The fourth-order valence-corrected chi connectivity index (χ4v) is 3.91. The molecule has 1 aromatic carbocycles. The molecule has 1 aromatic rings. The van der Waals surface area contributed by atoms with Crippen molar-refractivity contribution in [1.29, 1.82) is 0 Å². The van der Waals surface area contributed by atoms with Crippen LogP contribution in [0, 0.1) is 5.41 Å².